The number of aliphatic hydroxyl groups is 1. The average molecular weight is 398 g/mol. The van der Waals surface area contributed by atoms with E-state index in [0.29, 0.717) is 33.2 Å². The van der Waals surface area contributed by atoms with E-state index in [1.165, 1.54) is 16.7 Å². The maximum Gasteiger partial charge on any atom is 0.272 e. The summed E-state index contributed by atoms with van der Waals surface area (Å²) in [6.45, 7) is -0.0803. The second-order valence-electron chi connectivity index (χ2n) is 6.36. The van der Waals surface area contributed by atoms with Crippen molar-refractivity contribution in [1.82, 2.24) is 0 Å². The van der Waals surface area contributed by atoms with Crippen molar-refractivity contribution in [3.8, 4) is 5.75 Å². The highest BCUT2D eigenvalue weighted by molar-refractivity contribution is 8.04. The first-order valence-electron chi connectivity index (χ1n) is 8.76. The third-order valence-electron chi connectivity index (χ3n) is 4.38. The molecular formula is C21H22N2O4S. The molecule has 0 saturated carbocycles. The molecule has 1 N–H and O–H groups in total. The molecule has 3 rings (SSSR count). The van der Waals surface area contributed by atoms with Crippen LogP contribution in [-0.4, -0.2) is 50.5 Å². The van der Waals surface area contributed by atoms with E-state index in [2.05, 4.69) is 0 Å². The Hall–Kier alpha value is -2.77. The van der Waals surface area contributed by atoms with E-state index >= 15 is 0 Å². The number of methoxy groups -OCH3 is 1. The molecule has 0 unspecified atom stereocenters. The van der Waals surface area contributed by atoms with Gasteiger partial charge < -0.3 is 14.7 Å². The minimum atomic E-state index is -0.369. The predicted octanol–water partition coefficient (Wildman–Crippen LogP) is 2.77. The monoisotopic (exact) mass is 398 g/mol. The lowest BCUT2D eigenvalue weighted by atomic mass is 10.1. The van der Waals surface area contributed by atoms with Gasteiger partial charge in [0.15, 0.2) is 0 Å². The molecule has 1 aliphatic rings. The highest BCUT2D eigenvalue weighted by Gasteiger charge is 2.40. The van der Waals surface area contributed by atoms with E-state index in [4.69, 9.17) is 4.74 Å². The van der Waals surface area contributed by atoms with Crippen LogP contribution in [0.15, 0.2) is 53.4 Å². The van der Waals surface area contributed by atoms with Gasteiger partial charge in [-0.2, -0.15) is 0 Å². The number of thioether (sulfide) groups is 1. The van der Waals surface area contributed by atoms with Gasteiger partial charge in [-0.3, -0.25) is 9.59 Å². The number of imide groups is 1. The van der Waals surface area contributed by atoms with E-state index in [1.807, 2.05) is 31.1 Å². The third kappa shape index (κ3) is 3.76. The van der Waals surface area contributed by atoms with Gasteiger partial charge in [-0.05, 0) is 42.0 Å². The summed E-state index contributed by atoms with van der Waals surface area (Å²) in [4.78, 5) is 29.7. The van der Waals surface area contributed by atoms with Gasteiger partial charge in [0.2, 0.25) is 0 Å². The van der Waals surface area contributed by atoms with E-state index in [-0.39, 0.29) is 18.4 Å². The van der Waals surface area contributed by atoms with Crippen molar-refractivity contribution in [2.24, 2.45) is 0 Å². The van der Waals surface area contributed by atoms with Crippen LogP contribution in [0.25, 0.3) is 5.57 Å². The second-order valence-corrected chi connectivity index (χ2v) is 7.47. The first-order valence-corrected chi connectivity index (χ1v) is 9.75. The molecule has 6 nitrogen and oxygen atoms in total. The summed E-state index contributed by atoms with van der Waals surface area (Å²) < 4.78 is 5.17. The highest BCUT2D eigenvalue weighted by Crippen LogP contribution is 2.39. The number of hydrogen-bond acceptors (Lipinski definition) is 6. The number of hydrogen-bond donors (Lipinski definition) is 1. The van der Waals surface area contributed by atoms with Gasteiger partial charge in [0.25, 0.3) is 11.8 Å². The zero-order chi connectivity index (χ0) is 20.3. The van der Waals surface area contributed by atoms with E-state index < -0.39 is 0 Å². The summed E-state index contributed by atoms with van der Waals surface area (Å²) in [6, 6.07) is 14.3. The first-order chi connectivity index (χ1) is 13.5. The van der Waals surface area contributed by atoms with Crippen LogP contribution in [0.5, 0.6) is 5.75 Å². The van der Waals surface area contributed by atoms with E-state index in [1.54, 1.807) is 43.5 Å². The number of aliphatic hydroxyl groups excluding tert-OH is 1. The average Bonchev–Trinajstić information content (AvgIpc) is 2.96. The molecule has 0 aromatic heterocycles. The van der Waals surface area contributed by atoms with Crippen molar-refractivity contribution in [3.63, 3.8) is 0 Å². The SMILES string of the molecule is COc1ccc(C2=C(SCCO)C(=O)N(c3ccc(N(C)C)cc3)C2=O)cc1. The summed E-state index contributed by atoms with van der Waals surface area (Å²) >= 11 is 1.19. The third-order valence-corrected chi connectivity index (χ3v) is 5.44. The molecule has 0 bridgehead atoms. The molecule has 2 amide bonds. The number of benzene rings is 2. The lowest BCUT2D eigenvalue weighted by Gasteiger charge is -2.17. The fraction of sp³-hybridized carbons (Fsp3) is 0.238. The largest absolute Gasteiger partial charge is 0.497 e. The highest BCUT2D eigenvalue weighted by atomic mass is 32.2. The Labute approximate surface area is 168 Å². The van der Waals surface area contributed by atoms with Gasteiger partial charge in [-0.15, -0.1) is 11.8 Å². The summed E-state index contributed by atoms with van der Waals surface area (Å²) in [6.07, 6.45) is 0. The van der Waals surface area contributed by atoms with Crippen molar-refractivity contribution < 1.29 is 19.4 Å². The Balaban J connectivity index is 2.00. The van der Waals surface area contributed by atoms with Gasteiger partial charge in [-0.1, -0.05) is 12.1 Å². The molecule has 28 heavy (non-hydrogen) atoms. The topological polar surface area (TPSA) is 70.1 Å². The van der Waals surface area contributed by atoms with Crippen LogP contribution in [0.3, 0.4) is 0 Å². The van der Waals surface area contributed by atoms with Gasteiger partial charge in [0.05, 0.1) is 29.9 Å². The number of rotatable bonds is 7. The van der Waals surface area contributed by atoms with Gasteiger partial charge in [0.1, 0.15) is 5.75 Å². The molecule has 0 radical (unpaired) electrons. The van der Waals surface area contributed by atoms with Crippen molar-refractivity contribution in [2.45, 2.75) is 0 Å². The number of carbonyl (C=O) groups excluding carboxylic acids is 2. The van der Waals surface area contributed by atoms with Crippen molar-refractivity contribution in [2.75, 3.05) is 43.4 Å². The minimum absolute atomic E-state index is 0.0803. The maximum absolute atomic E-state index is 13.2. The van der Waals surface area contributed by atoms with Gasteiger partial charge >= 0.3 is 0 Å². The second kappa shape index (κ2) is 8.50. The normalized spacial score (nSPS) is 14.1. The molecular weight excluding hydrogens is 376 g/mol. The Kier molecular flexibility index (Phi) is 6.06. The molecule has 0 fully saturated rings. The summed E-state index contributed by atoms with van der Waals surface area (Å²) in [5, 5.41) is 9.19. The fourth-order valence-corrected chi connectivity index (χ4v) is 3.80. The smallest absolute Gasteiger partial charge is 0.272 e. The molecule has 0 saturated heterocycles. The summed E-state index contributed by atoms with van der Waals surface area (Å²) in [5.74, 6) is 0.267. The van der Waals surface area contributed by atoms with Crippen LogP contribution < -0.4 is 14.5 Å². The van der Waals surface area contributed by atoms with Crippen molar-refractivity contribution in [3.05, 3.63) is 59.0 Å². The number of ether oxygens (including phenoxy) is 1. The number of nitrogens with zero attached hydrogens (tertiary/aromatic N) is 2. The van der Waals surface area contributed by atoms with Crippen LogP contribution in [0.2, 0.25) is 0 Å². The quantitative estimate of drug-likeness (QED) is 0.724. The first kappa shape index (κ1) is 20.0. The Morgan fingerprint density at radius 3 is 2.18 bits per heavy atom. The Bertz CT molecular complexity index is 905. The van der Waals surface area contributed by atoms with Crippen LogP contribution in [0.1, 0.15) is 5.56 Å². The molecule has 0 atom stereocenters. The summed E-state index contributed by atoms with van der Waals surface area (Å²) in [5.41, 5.74) is 2.49. The minimum Gasteiger partial charge on any atom is -0.497 e. The maximum atomic E-state index is 13.2. The molecule has 7 heteroatoms. The standard InChI is InChI=1S/C21H22N2O4S/c1-22(2)15-6-8-16(9-7-15)23-20(25)18(19(21(23)26)28-13-12-24)14-4-10-17(27-3)11-5-14/h4-11,24H,12-13H2,1-3H3. The predicted molar refractivity (Wildman–Crippen MR) is 113 cm³/mol. The Morgan fingerprint density at radius 1 is 1.00 bits per heavy atom. The summed E-state index contributed by atoms with van der Waals surface area (Å²) in [7, 11) is 5.42. The lowest BCUT2D eigenvalue weighted by Crippen LogP contribution is -2.31. The number of anilines is 2. The van der Waals surface area contributed by atoms with E-state index in [9.17, 15) is 14.7 Å². The van der Waals surface area contributed by atoms with Gasteiger partial charge in [0, 0.05) is 25.5 Å². The van der Waals surface area contributed by atoms with Crippen LogP contribution >= 0.6 is 11.8 Å². The van der Waals surface area contributed by atoms with Crippen molar-refractivity contribution in [1.29, 1.82) is 0 Å². The van der Waals surface area contributed by atoms with Crippen molar-refractivity contribution >= 4 is 40.5 Å². The van der Waals surface area contributed by atoms with Crippen LogP contribution in [-0.2, 0) is 9.59 Å². The molecule has 0 spiro atoms. The van der Waals surface area contributed by atoms with E-state index in [0.717, 1.165) is 5.69 Å². The zero-order valence-corrected chi connectivity index (χ0v) is 16.8. The number of carbonyl (C=O) groups is 2. The van der Waals surface area contributed by atoms with Gasteiger partial charge in [-0.25, -0.2) is 4.90 Å². The Morgan fingerprint density at radius 2 is 1.64 bits per heavy atom. The lowest BCUT2D eigenvalue weighted by molar-refractivity contribution is -0.119. The molecule has 2 aromatic rings. The molecule has 1 aliphatic heterocycles. The fourth-order valence-electron chi connectivity index (χ4n) is 2.94. The molecule has 2 aromatic carbocycles. The number of amides is 2. The molecule has 146 valence electrons. The van der Waals surface area contributed by atoms with Crippen LogP contribution in [0.4, 0.5) is 11.4 Å². The van der Waals surface area contributed by atoms with Crippen LogP contribution in [0, 0.1) is 0 Å². The molecule has 1 heterocycles. The molecule has 0 aliphatic carbocycles. The zero-order valence-electron chi connectivity index (χ0n) is 16.0.